The van der Waals surface area contributed by atoms with Crippen LogP contribution in [-0.2, 0) is 19.6 Å². The first-order valence-corrected chi connectivity index (χ1v) is 6.74. The highest BCUT2D eigenvalue weighted by Gasteiger charge is 2.22. The van der Waals surface area contributed by atoms with Gasteiger partial charge in [-0.25, -0.2) is 8.42 Å². The first kappa shape index (κ1) is 12.1. The van der Waals surface area contributed by atoms with Crippen molar-refractivity contribution in [3.05, 3.63) is 0 Å². The summed E-state index contributed by atoms with van der Waals surface area (Å²) in [4.78, 5) is 12.9. The number of amides is 1. The molecule has 1 aliphatic rings. The summed E-state index contributed by atoms with van der Waals surface area (Å²) in [7, 11) is -3.46. The van der Waals surface area contributed by atoms with Crippen LogP contribution in [0.2, 0.25) is 0 Å². The molecule has 1 saturated heterocycles. The van der Waals surface area contributed by atoms with Gasteiger partial charge in [0.1, 0.15) is 5.75 Å². The quantitative estimate of drug-likeness (QED) is 0.537. The molecule has 14 heavy (non-hydrogen) atoms. The Hall–Kier alpha value is 0.0700. The maximum Gasteiger partial charge on any atom is 0.239 e. The number of carbonyl (C=O) groups is 1. The summed E-state index contributed by atoms with van der Waals surface area (Å²) in [6.45, 7) is 1.89. The van der Waals surface area contributed by atoms with Gasteiger partial charge in [-0.3, -0.25) is 4.79 Å². The molecule has 82 valence electrons. The van der Waals surface area contributed by atoms with Gasteiger partial charge in [0.15, 0.2) is 0 Å². The minimum Gasteiger partial charge on any atom is -0.378 e. The number of nitrogens with zero attached hydrogens (tertiary/aromatic N) is 1. The lowest BCUT2D eigenvalue weighted by Crippen LogP contribution is -2.44. The normalized spacial score (nSPS) is 18.2. The van der Waals surface area contributed by atoms with Crippen molar-refractivity contribution in [2.45, 2.75) is 0 Å². The second-order valence-electron chi connectivity index (χ2n) is 2.83. The van der Waals surface area contributed by atoms with Crippen molar-refractivity contribution in [1.82, 2.24) is 7.84 Å². The van der Waals surface area contributed by atoms with Gasteiger partial charge in [0, 0.05) is 36.0 Å². The van der Waals surface area contributed by atoms with Crippen LogP contribution >= 0.6 is 22.9 Å². The molecular weight excluding hydrogens is 323 g/mol. The largest absolute Gasteiger partial charge is 0.378 e. The molecule has 0 aliphatic carbocycles. The maximum atomic E-state index is 11.4. The molecule has 1 fully saturated rings. The summed E-state index contributed by atoms with van der Waals surface area (Å²) in [6, 6.07) is 0. The zero-order valence-corrected chi connectivity index (χ0v) is 10.4. The fraction of sp³-hybridized carbons (Fsp3) is 0.833. The molecule has 8 heteroatoms. The molecule has 0 radical (unpaired) electrons. The molecule has 0 bridgehead atoms. The number of carbonyl (C=O) groups excluding carboxylic acids is 1. The van der Waals surface area contributed by atoms with E-state index in [2.05, 4.69) is 2.94 Å². The number of sulfonamides is 1. The van der Waals surface area contributed by atoms with Gasteiger partial charge in [-0.1, -0.05) is 0 Å². The summed E-state index contributed by atoms with van der Waals surface area (Å²) in [5.41, 5.74) is 0. The Labute approximate surface area is 96.5 Å². The highest BCUT2D eigenvalue weighted by Crippen LogP contribution is 1.99. The lowest BCUT2D eigenvalue weighted by Gasteiger charge is -2.26. The molecule has 1 aliphatic heterocycles. The van der Waals surface area contributed by atoms with Crippen LogP contribution in [0.3, 0.4) is 0 Å². The van der Waals surface area contributed by atoms with Crippen molar-refractivity contribution in [3.8, 4) is 0 Å². The summed E-state index contributed by atoms with van der Waals surface area (Å²) >= 11 is 1.50. The molecule has 1 N–H and O–H groups in total. The van der Waals surface area contributed by atoms with Crippen LogP contribution in [-0.4, -0.2) is 51.3 Å². The van der Waals surface area contributed by atoms with E-state index < -0.39 is 15.8 Å². The van der Waals surface area contributed by atoms with Crippen LogP contribution in [0.5, 0.6) is 0 Å². The molecule has 1 rings (SSSR count). The number of hydrogen-bond acceptors (Lipinski definition) is 4. The lowest BCUT2D eigenvalue weighted by atomic mass is 10.4. The molecule has 0 aromatic carbocycles. The van der Waals surface area contributed by atoms with Crippen LogP contribution in [0.25, 0.3) is 0 Å². The van der Waals surface area contributed by atoms with Crippen molar-refractivity contribution < 1.29 is 17.9 Å². The molecule has 0 aromatic heterocycles. The Morgan fingerprint density at radius 1 is 1.43 bits per heavy atom. The number of rotatable bonds is 3. The Morgan fingerprint density at radius 3 is 2.50 bits per heavy atom. The van der Waals surface area contributed by atoms with Crippen LogP contribution in [0.4, 0.5) is 0 Å². The Morgan fingerprint density at radius 2 is 2.00 bits per heavy atom. The zero-order valence-electron chi connectivity index (χ0n) is 7.40. The van der Waals surface area contributed by atoms with Crippen molar-refractivity contribution in [1.29, 1.82) is 0 Å². The molecule has 1 heterocycles. The summed E-state index contributed by atoms with van der Waals surface area (Å²) in [6.07, 6.45) is 0. The average Bonchev–Trinajstić information content (AvgIpc) is 2.19. The third-order valence-electron chi connectivity index (χ3n) is 1.79. The number of nitrogens with one attached hydrogen (secondary N) is 1. The highest BCUT2D eigenvalue weighted by atomic mass is 127. The van der Waals surface area contributed by atoms with Crippen molar-refractivity contribution in [3.63, 3.8) is 0 Å². The highest BCUT2D eigenvalue weighted by molar-refractivity contribution is 14.1. The predicted octanol–water partition coefficient (Wildman–Crippen LogP) is -0.885. The van der Waals surface area contributed by atoms with E-state index in [-0.39, 0.29) is 5.91 Å². The predicted molar refractivity (Wildman–Crippen MR) is 58.3 cm³/mol. The third kappa shape index (κ3) is 3.67. The van der Waals surface area contributed by atoms with Gasteiger partial charge in [-0.2, -0.15) is 2.94 Å². The first-order valence-electron chi connectivity index (χ1n) is 4.01. The fourth-order valence-corrected chi connectivity index (χ4v) is 2.12. The van der Waals surface area contributed by atoms with Gasteiger partial charge in [-0.05, 0) is 0 Å². The summed E-state index contributed by atoms with van der Waals surface area (Å²) in [5.74, 6) is -0.867. The first-order chi connectivity index (χ1) is 6.55. The zero-order chi connectivity index (χ0) is 10.6. The Balaban J connectivity index is 2.49. The van der Waals surface area contributed by atoms with E-state index in [1.54, 1.807) is 0 Å². The van der Waals surface area contributed by atoms with Gasteiger partial charge < -0.3 is 9.64 Å². The second-order valence-corrected chi connectivity index (χ2v) is 5.82. The van der Waals surface area contributed by atoms with E-state index in [1.165, 1.54) is 27.8 Å². The van der Waals surface area contributed by atoms with Gasteiger partial charge in [0.05, 0.1) is 13.2 Å². The second kappa shape index (κ2) is 5.24. The van der Waals surface area contributed by atoms with Crippen molar-refractivity contribution in [2.24, 2.45) is 0 Å². The maximum absolute atomic E-state index is 11.4. The van der Waals surface area contributed by atoms with Crippen molar-refractivity contribution >= 4 is 38.8 Å². The fourth-order valence-electron chi connectivity index (χ4n) is 1.09. The van der Waals surface area contributed by atoms with E-state index in [1.807, 2.05) is 0 Å². The molecule has 0 spiro atoms. The number of hydrogen-bond donors (Lipinski definition) is 1. The number of ether oxygens (including phenoxy) is 1. The molecular formula is C6H11IN2O4S. The van der Waals surface area contributed by atoms with E-state index >= 15 is 0 Å². The molecule has 0 saturated carbocycles. The topological polar surface area (TPSA) is 75.7 Å². The Kier molecular flexibility index (Phi) is 4.54. The monoisotopic (exact) mass is 334 g/mol. The summed E-state index contributed by atoms with van der Waals surface area (Å²) in [5, 5.41) is 0. The van der Waals surface area contributed by atoms with Crippen LogP contribution in [0, 0.1) is 0 Å². The minimum atomic E-state index is -3.46. The summed E-state index contributed by atoms with van der Waals surface area (Å²) < 4.78 is 29.2. The number of halogens is 1. The SMILES string of the molecule is O=C(CS(=O)(=O)NI)N1CCOCC1. The standard InChI is InChI=1S/C6H11IN2O4S/c7-8-14(11,12)5-6(10)9-1-3-13-4-2-9/h8H,1-5H2. The number of morpholine rings is 1. The molecule has 0 atom stereocenters. The molecule has 0 aromatic rings. The van der Waals surface area contributed by atoms with E-state index in [0.29, 0.717) is 26.3 Å². The lowest BCUT2D eigenvalue weighted by molar-refractivity contribution is -0.132. The van der Waals surface area contributed by atoms with E-state index in [4.69, 9.17) is 4.74 Å². The smallest absolute Gasteiger partial charge is 0.239 e. The molecule has 1 amide bonds. The molecule has 0 unspecified atom stereocenters. The van der Waals surface area contributed by atoms with Crippen molar-refractivity contribution in [2.75, 3.05) is 32.1 Å². The average molecular weight is 334 g/mol. The van der Waals surface area contributed by atoms with Gasteiger partial charge in [0.2, 0.25) is 15.9 Å². The Bertz CT molecular complexity index is 299. The van der Waals surface area contributed by atoms with Crippen LogP contribution in [0.1, 0.15) is 0 Å². The van der Waals surface area contributed by atoms with Crippen LogP contribution < -0.4 is 2.94 Å². The van der Waals surface area contributed by atoms with Gasteiger partial charge >= 0.3 is 0 Å². The molecule has 6 nitrogen and oxygen atoms in total. The van der Waals surface area contributed by atoms with Gasteiger partial charge in [0.25, 0.3) is 0 Å². The third-order valence-corrected chi connectivity index (χ3v) is 4.67. The van der Waals surface area contributed by atoms with E-state index in [9.17, 15) is 13.2 Å². The van der Waals surface area contributed by atoms with Crippen LogP contribution in [0.15, 0.2) is 0 Å². The van der Waals surface area contributed by atoms with E-state index in [0.717, 1.165) is 0 Å². The minimum absolute atomic E-state index is 0.377. The van der Waals surface area contributed by atoms with Gasteiger partial charge in [-0.15, -0.1) is 0 Å².